The summed E-state index contributed by atoms with van der Waals surface area (Å²) in [5.74, 6) is -0.965. The quantitative estimate of drug-likeness (QED) is 0.676. The van der Waals surface area contributed by atoms with Crippen LogP contribution in [0.1, 0.15) is 34.5 Å². The van der Waals surface area contributed by atoms with Crippen molar-refractivity contribution in [2.24, 2.45) is 0 Å². The predicted molar refractivity (Wildman–Crippen MR) is 109 cm³/mol. The summed E-state index contributed by atoms with van der Waals surface area (Å²) >= 11 is 5.94. The van der Waals surface area contributed by atoms with Crippen molar-refractivity contribution in [1.29, 1.82) is 0 Å². The number of nitrogens with one attached hydrogen (secondary N) is 1. The van der Waals surface area contributed by atoms with E-state index in [1.807, 2.05) is 24.3 Å². The number of aromatic nitrogens is 1. The number of hydrogen-bond acceptors (Lipinski definition) is 3. The van der Waals surface area contributed by atoms with Gasteiger partial charge in [-0.1, -0.05) is 29.8 Å². The first-order chi connectivity index (χ1) is 13.6. The predicted octanol–water partition coefficient (Wildman–Crippen LogP) is 4.17. The Bertz CT molecular complexity index is 1030. The Morgan fingerprint density at radius 1 is 1.18 bits per heavy atom. The number of carbonyl (C=O) groups excluding carboxylic acids is 2. The standard InChI is InChI=1S/C22H21ClN2O3/c1-2-28-22(27)18-13-25(21(26)14-7-9-15(23)10-8-14)12-11-17-16-5-3-4-6-19(16)24-20(17)18/h3-10,18,24H,2,11-13H2,1H3. The Kier molecular flexibility index (Phi) is 5.09. The van der Waals surface area contributed by atoms with E-state index in [0.29, 0.717) is 30.2 Å². The van der Waals surface area contributed by atoms with Crippen molar-refractivity contribution in [3.8, 4) is 0 Å². The first kappa shape index (κ1) is 18.6. The number of benzene rings is 2. The number of para-hydroxylation sites is 1. The first-order valence-corrected chi connectivity index (χ1v) is 9.77. The van der Waals surface area contributed by atoms with Gasteiger partial charge in [0.1, 0.15) is 5.92 Å². The normalized spacial score (nSPS) is 16.5. The Balaban J connectivity index is 1.71. The number of carbonyl (C=O) groups is 2. The molecule has 1 amide bonds. The Hall–Kier alpha value is -2.79. The molecule has 6 heteroatoms. The third-order valence-electron chi connectivity index (χ3n) is 5.18. The molecule has 0 saturated heterocycles. The number of esters is 1. The van der Waals surface area contributed by atoms with E-state index in [2.05, 4.69) is 4.98 Å². The summed E-state index contributed by atoms with van der Waals surface area (Å²) in [6, 6.07) is 14.8. The number of aromatic amines is 1. The van der Waals surface area contributed by atoms with E-state index in [4.69, 9.17) is 16.3 Å². The van der Waals surface area contributed by atoms with Crippen LogP contribution in [0.5, 0.6) is 0 Å². The maximum atomic E-state index is 13.0. The fourth-order valence-electron chi connectivity index (χ4n) is 3.83. The molecule has 2 heterocycles. The molecule has 1 aliphatic rings. The second kappa shape index (κ2) is 7.68. The van der Waals surface area contributed by atoms with Crippen LogP contribution in [0.3, 0.4) is 0 Å². The zero-order valence-corrected chi connectivity index (χ0v) is 16.3. The number of ether oxygens (including phenoxy) is 1. The Labute approximate surface area is 168 Å². The van der Waals surface area contributed by atoms with Gasteiger partial charge < -0.3 is 14.6 Å². The lowest BCUT2D eigenvalue weighted by molar-refractivity contribution is -0.145. The minimum atomic E-state index is -0.541. The van der Waals surface area contributed by atoms with Crippen molar-refractivity contribution < 1.29 is 14.3 Å². The summed E-state index contributed by atoms with van der Waals surface area (Å²) in [6.45, 7) is 2.90. The molecular formula is C22H21ClN2O3. The van der Waals surface area contributed by atoms with Gasteiger partial charge in [-0.25, -0.2) is 0 Å². The van der Waals surface area contributed by atoms with Gasteiger partial charge in [-0.05, 0) is 49.2 Å². The summed E-state index contributed by atoms with van der Waals surface area (Å²) < 4.78 is 5.32. The lowest BCUT2D eigenvalue weighted by Gasteiger charge is -2.24. The summed E-state index contributed by atoms with van der Waals surface area (Å²) in [7, 11) is 0. The molecule has 1 aromatic heterocycles. The SMILES string of the molecule is CCOC(=O)C1CN(C(=O)c2ccc(Cl)cc2)CCc2c1[nH]c1ccccc21. The largest absolute Gasteiger partial charge is 0.465 e. The van der Waals surface area contributed by atoms with Crippen LogP contribution in [-0.2, 0) is 16.0 Å². The van der Waals surface area contributed by atoms with Crippen molar-refractivity contribution in [2.75, 3.05) is 19.7 Å². The molecular weight excluding hydrogens is 376 g/mol. The van der Waals surface area contributed by atoms with Gasteiger partial charge in [-0.3, -0.25) is 9.59 Å². The fourth-order valence-corrected chi connectivity index (χ4v) is 3.96. The summed E-state index contributed by atoms with van der Waals surface area (Å²) in [6.07, 6.45) is 0.675. The molecule has 0 spiro atoms. The molecule has 0 bridgehead atoms. The van der Waals surface area contributed by atoms with Gasteiger partial charge in [0.05, 0.1) is 6.61 Å². The molecule has 1 unspecified atom stereocenters. The van der Waals surface area contributed by atoms with Gasteiger partial charge in [0.25, 0.3) is 5.91 Å². The highest BCUT2D eigenvalue weighted by molar-refractivity contribution is 6.30. The van der Waals surface area contributed by atoms with Crippen molar-refractivity contribution >= 4 is 34.4 Å². The van der Waals surface area contributed by atoms with E-state index in [0.717, 1.165) is 22.2 Å². The van der Waals surface area contributed by atoms with Gasteiger partial charge in [0.2, 0.25) is 0 Å². The van der Waals surface area contributed by atoms with Crippen LogP contribution in [0.15, 0.2) is 48.5 Å². The number of rotatable bonds is 3. The molecule has 0 saturated carbocycles. The number of fused-ring (bicyclic) bond motifs is 3. The smallest absolute Gasteiger partial charge is 0.316 e. The molecule has 144 valence electrons. The summed E-state index contributed by atoms with van der Waals surface area (Å²) in [5, 5.41) is 1.67. The molecule has 0 aliphatic carbocycles. The molecule has 2 aromatic carbocycles. The highest BCUT2D eigenvalue weighted by Gasteiger charge is 2.34. The lowest BCUT2D eigenvalue weighted by Crippen LogP contribution is -2.37. The fraction of sp³-hybridized carbons (Fsp3) is 0.273. The number of amides is 1. The van der Waals surface area contributed by atoms with Gasteiger partial charge in [0.15, 0.2) is 0 Å². The highest BCUT2D eigenvalue weighted by atomic mass is 35.5. The van der Waals surface area contributed by atoms with Crippen molar-refractivity contribution in [3.63, 3.8) is 0 Å². The van der Waals surface area contributed by atoms with E-state index >= 15 is 0 Å². The molecule has 0 fully saturated rings. The van der Waals surface area contributed by atoms with Crippen LogP contribution in [0.2, 0.25) is 5.02 Å². The Morgan fingerprint density at radius 3 is 2.68 bits per heavy atom. The molecule has 4 rings (SSSR count). The maximum Gasteiger partial charge on any atom is 0.316 e. The van der Waals surface area contributed by atoms with Gasteiger partial charge >= 0.3 is 5.97 Å². The van der Waals surface area contributed by atoms with Crippen molar-refractivity contribution in [3.05, 3.63) is 70.4 Å². The second-order valence-corrected chi connectivity index (χ2v) is 7.31. The minimum Gasteiger partial charge on any atom is -0.465 e. The van der Waals surface area contributed by atoms with Gasteiger partial charge in [0, 0.05) is 40.3 Å². The van der Waals surface area contributed by atoms with Gasteiger partial charge in [-0.15, -0.1) is 0 Å². The average molecular weight is 397 g/mol. The molecule has 28 heavy (non-hydrogen) atoms. The molecule has 1 atom stereocenters. The topological polar surface area (TPSA) is 62.4 Å². The van der Waals surface area contributed by atoms with Crippen LogP contribution in [0.4, 0.5) is 0 Å². The van der Waals surface area contributed by atoms with Crippen molar-refractivity contribution in [2.45, 2.75) is 19.3 Å². The van der Waals surface area contributed by atoms with Crippen LogP contribution < -0.4 is 0 Å². The van der Waals surface area contributed by atoms with E-state index in [-0.39, 0.29) is 18.4 Å². The average Bonchev–Trinajstić information content (AvgIpc) is 2.96. The van der Waals surface area contributed by atoms with E-state index < -0.39 is 5.92 Å². The Morgan fingerprint density at radius 2 is 1.93 bits per heavy atom. The van der Waals surface area contributed by atoms with Crippen LogP contribution in [0.25, 0.3) is 10.9 Å². The van der Waals surface area contributed by atoms with Crippen LogP contribution in [-0.4, -0.2) is 41.5 Å². The zero-order valence-electron chi connectivity index (χ0n) is 15.6. The molecule has 1 N–H and O–H groups in total. The minimum absolute atomic E-state index is 0.111. The zero-order chi connectivity index (χ0) is 19.7. The van der Waals surface area contributed by atoms with E-state index in [1.54, 1.807) is 36.1 Å². The molecule has 3 aromatic rings. The number of nitrogens with zero attached hydrogens (tertiary/aromatic N) is 1. The summed E-state index contributed by atoms with van der Waals surface area (Å²) in [4.78, 5) is 30.9. The second-order valence-electron chi connectivity index (χ2n) is 6.88. The monoisotopic (exact) mass is 396 g/mol. The van der Waals surface area contributed by atoms with Crippen LogP contribution in [0, 0.1) is 0 Å². The number of halogens is 1. The molecule has 5 nitrogen and oxygen atoms in total. The molecule has 1 aliphatic heterocycles. The van der Waals surface area contributed by atoms with Crippen molar-refractivity contribution in [1.82, 2.24) is 9.88 Å². The van der Waals surface area contributed by atoms with Gasteiger partial charge in [-0.2, -0.15) is 0 Å². The van der Waals surface area contributed by atoms with Crippen LogP contribution >= 0.6 is 11.6 Å². The third-order valence-corrected chi connectivity index (χ3v) is 5.43. The molecule has 0 radical (unpaired) electrons. The maximum absolute atomic E-state index is 13.0. The third kappa shape index (κ3) is 3.38. The van der Waals surface area contributed by atoms with E-state index in [9.17, 15) is 9.59 Å². The van der Waals surface area contributed by atoms with E-state index in [1.165, 1.54) is 0 Å². The number of H-pyrrole nitrogens is 1. The highest BCUT2D eigenvalue weighted by Crippen LogP contribution is 2.32. The lowest BCUT2D eigenvalue weighted by atomic mass is 10.00. The first-order valence-electron chi connectivity index (χ1n) is 9.39. The number of hydrogen-bond donors (Lipinski definition) is 1. The summed E-state index contributed by atoms with van der Waals surface area (Å²) in [5.41, 5.74) is 3.49.